The van der Waals surface area contributed by atoms with Gasteiger partial charge in [0.25, 0.3) is 10.0 Å². The van der Waals surface area contributed by atoms with Gasteiger partial charge < -0.3 is 10.2 Å². The third-order valence-electron chi connectivity index (χ3n) is 7.54. The number of sulfonamides is 1. The molecule has 0 unspecified atom stereocenters. The average Bonchev–Trinajstić information content (AvgIpc) is 3.02. The van der Waals surface area contributed by atoms with Crippen molar-refractivity contribution in [1.82, 2.24) is 10.2 Å². The number of hydrogen-bond donors (Lipinski definition) is 1. The average molecular weight is 646 g/mol. The minimum atomic E-state index is -4.19. The fourth-order valence-corrected chi connectivity index (χ4v) is 6.58. The second kappa shape index (κ2) is 15.7. The predicted molar refractivity (Wildman–Crippen MR) is 181 cm³/mol. The molecule has 0 bridgehead atoms. The molecule has 0 aliphatic heterocycles. The molecule has 0 aliphatic rings. The zero-order valence-corrected chi connectivity index (χ0v) is 27.5. The van der Waals surface area contributed by atoms with Crippen LogP contribution in [0.3, 0.4) is 0 Å². The Morgan fingerprint density at radius 1 is 0.822 bits per heavy atom. The van der Waals surface area contributed by atoms with Crippen LogP contribution >= 0.6 is 11.6 Å². The van der Waals surface area contributed by atoms with Crippen molar-refractivity contribution in [1.29, 1.82) is 0 Å². The summed E-state index contributed by atoms with van der Waals surface area (Å²) in [6.07, 6.45) is 1.98. The van der Waals surface area contributed by atoms with Crippen LogP contribution in [0.25, 0.3) is 0 Å². The number of unbranched alkanes of at least 4 members (excludes halogenated alkanes) is 1. The van der Waals surface area contributed by atoms with E-state index in [4.69, 9.17) is 11.6 Å². The molecule has 9 heteroatoms. The highest BCUT2D eigenvalue weighted by atomic mass is 35.5. The maximum absolute atomic E-state index is 14.5. The summed E-state index contributed by atoms with van der Waals surface area (Å²) >= 11 is 6.06. The van der Waals surface area contributed by atoms with E-state index >= 15 is 0 Å². The first-order chi connectivity index (χ1) is 21.6. The molecule has 4 aromatic carbocycles. The Morgan fingerprint density at radius 3 is 2.13 bits per heavy atom. The van der Waals surface area contributed by atoms with Gasteiger partial charge in [-0.3, -0.25) is 13.9 Å². The maximum Gasteiger partial charge on any atom is 0.264 e. The van der Waals surface area contributed by atoms with Gasteiger partial charge in [-0.25, -0.2) is 8.42 Å². The Balaban J connectivity index is 1.78. The van der Waals surface area contributed by atoms with Gasteiger partial charge in [0.2, 0.25) is 11.8 Å². The Kier molecular flexibility index (Phi) is 11.8. The summed E-state index contributed by atoms with van der Waals surface area (Å²) in [6, 6.07) is 29.2. The molecule has 0 radical (unpaired) electrons. The van der Waals surface area contributed by atoms with E-state index in [-0.39, 0.29) is 23.8 Å². The normalized spacial score (nSPS) is 11.9. The Morgan fingerprint density at radius 2 is 1.49 bits per heavy atom. The van der Waals surface area contributed by atoms with E-state index < -0.39 is 28.5 Å². The Hall–Kier alpha value is -4.14. The molecule has 0 fully saturated rings. The lowest BCUT2D eigenvalue weighted by molar-refractivity contribution is -0.140. The molecule has 1 N–H and O–H groups in total. The second-order valence-electron chi connectivity index (χ2n) is 11.2. The molecule has 4 rings (SSSR count). The molecule has 236 valence electrons. The van der Waals surface area contributed by atoms with Crippen LogP contribution in [0.5, 0.6) is 0 Å². The van der Waals surface area contributed by atoms with E-state index in [0.717, 1.165) is 39.4 Å². The summed E-state index contributed by atoms with van der Waals surface area (Å²) in [5, 5.41) is 3.41. The third kappa shape index (κ3) is 9.19. The predicted octanol–water partition coefficient (Wildman–Crippen LogP) is 6.71. The summed E-state index contributed by atoms with van der Waals surface area (Å²) < 4.78 is 29.3. The van der Waals surface area contributed by atoms with Crippen LogP contribution in [-0.2, 0) is 32.6 Å². The molecule has 0 saturated heterocycles. The zero-order chi connectivity index (χ0) is 32.4. The Labute approximate surface area is 271 Å². The number of amides is 2. The quantitative estimate of drug-likeness (QED) is 0.155. The number of anilines is 1. The largest absolute Gasteiger partial charge is 0.354 e. The molecule has 0 aliphatic carbocycles. The van der Waals surface area contributed by atoms with Crippen LogP contribution in [0.1, 0.15) is 42.0 Å². The van der Waals surface area contributed by atoms with Gasteiger partial charge in [0, 0.05) is 24.5 Å². The summed E-state index contributed by atoms with van der Waals surface area (Å²) in [4.78, 5) is 29.8. The molecule has 4 aromatic rings. The third-order valence-corrected chi connectivity index (χ3v) is 9.58. The first-order valence-corrected chi connectivity index (χ1v) is 16.9. The number of carbonyl (C=O) groups excluding carboxylic acids is 2. The van der Waals surface area contributed by atoms with E-state index in [9.17, 15) is 18.0 Å². The number of carbonyl (C=O) groups is 2. The van der Waals surface area contributed by atoms with E-state index in [1.165, 1.54) is 29.2 Å². The number of rotatable bonds is 14. The highest BCUT2D eigenvalue weighted by Crippen LogP contribution is 2.26. The molecule has 2 amide bonds. The van der Waals surface area contributed by atoms with Crippen LogP contribution in [0.4, 0.5) is 5.69 Å². The standard InChI is InChI=1S/C36H40ClN3O4S/c1-4-5-22-38-36(42)34(24-29-11-7-6-8-12-29)39(25-30-13-9-10-28(3)23-30)35(41)26-40(32-18-14-27(2)15-19-32)45(43,44)33-20-16-31(37)17-21-33/h6-21,23,34H,4-5,22,24-26H2,1-3H3,(H,38,42)/t34-/m0/s1. The van der Waals surface area contributed by atoms with Crippen LogP contribution in [0, 0.1) is 13.8 Å². The monoisotopic (exact) mass is 645 g/mol. The molecule has 7 nitrogen and oxygen atoms in total. The smallest absolute Gasteiger partial charge is 0.264 e. The molecule has 0 aromatic heterocycles. The van der Waals surface area contributed by atoms with Crippen molar-refractivity contribution in [2.24, 2.45) is 0 Å². The van der Waals surface area contributed by atoms with Gasteiger partial charge >= 0.3 is 0 Å². The van der Waals surface area contributed by atoms with E-state index in [1.54, 1.807) is 24.3 Å². The SMILES string of the molecule is CCCCNC(=O)[C@H](Cc1ccccc1)N(Cc1cccc(C)c1)C(=O)CN(c1ccc(C)cc1)S(=O)(=O)c1ccc(Cl)cc1. The maximum atomic E-state index is 14.5. The van der Waals surface area contributed by atoms with Crippen LogP contribution in [-0.4, -0.2) is 44.3 Å². The van der Waals surface area contributed by atoms with Crippen molar-refractivity contribution in [2.45, 2.75) is 57.5 Å². The second-order valence-corrected chi connectivity index (χ2v) is 13.5. The zero-order valence-electron chi connectivity index (χ0n) is 25.9. The molecular formula is C36H40ClN3O4S. The highest BCUT2D eigenvalue weighted by molar-refractivity contribution is 7.92. The lowest BCUT2D eigenvalue weighted by Crippen LogP contribution is -2.53. The summed E-state index contributed by atoms with van der Waals surface area (Å²) in [5.41, 5.74) is 4.02. The molecule has 0 heterocycles. The van der Waals surface area contributed by atoms with Crippen molar-refractivity contribution in [2.75, 3.05) is 17.4 Å². The lowest BCUT2D eigenvalue weighted by Gasteiger charge is -2.34. The molecular weight excluding hydrogens is 606 g/mol. The van der Waals surface area contributed by atoms with Gasteiger partial charge in [-0.1, -0.05) is 103 Å². The molecule has 0 saturated carbocycles. The summed E-state index contributed by atoms with van der Waals surface area (Å²) in [7, 11) is -4.19. The van der Waals surface area contributed by atoms with Crippen molar-refractivity contribution >= 4 is 39.1 Å². The van der Waals surface area contributed by atoms with Gasteiger partial charge in [0.05, 0.1) is 10.6 Å². The minimum absolute atomic E-state index is 0.00338. The van der Waals surface area contributed by atoms with Crippen LogP contribution in [0.2, 0.25) is 5.02 Å². The summed E-state index contributed by atoms with van der Waals surface area (Å²) in [5.74, 6) is -0.781. The number of nitrogens with zero attached hydrogens (tertiary/aromatic N) is 2. The molecule has 1 atom stereocenters. The van der Waals surface area contributed by atoms with Gasteiger partial charge in [0.1, 0.15) is 12.6 Å². The first-order valence-electron chi connectivity index (χ1n) is 15.1. The first kappa shape index (κ1) is 33.7. The lowest BCUT2D eigenvalue weighted by atomic mass is 10.0. The summed E-state index contributed by atoms with van der Waals surface area (Å²) in [6.45, 7) is 6.01. The Bertz CT molecular complexity index is 1680. The molecule has 45 heavy (non-hydrogen) atoms. The van der Waals surface area contributed by atoms with Gasteiger partial charge in [-0.2, -0.15) is 0 Å². The van der Waals surface area contributed by atoms with Crippen molar-refractivity contribution in [3.63, 3.8) is 0 Å². The van der Waals surface area contributed by atoms with Gasteiger partial charge in [-0.15, -0.1) is 0 Å². The molecule has 0 spiro atoms. The number of benzene rings is 4. The van der Waals surface area contributed by atoms with Crippen LogP contribution in [0.15, 0.2) is 108 Å². The van der Waals surface area contributed by atoms with Gasteiger partial charge in [0.15, 0.2) is 0 Å². The highest BCUT2D eigenvalue weighted by Gasteiger charge is 2.34. The fraction of sp³-hybridized carbons (Fsp3) is 0.278. The van der Waals surface area contributed by atoms with Gasteiger partial charge in [-0.05, 0) is 67.8 Å². The van der Waals surface area contributed by atoms with Crippen molar-refractivity contribution < 1.29 is 18.0 Å². The minimum Gasteiger partial charge on any atom is -0.354 e. The number of aryl methyl sites for hydroxylation is 2. The van der Waals surface area contributed by atoms with E-state index in [1.807, 2.05) is 75.4 Å². The van der Waals surface area contributed by atoms with E-state index in [0.29, 0.717) is 17.3 Å². The number of nitrogens with one attached hydrogen (secondary N) is 1. The van der Waals surface area contributed by atoms with Crippen LogP contribution < -0.4 is 9.62 Å². The van der Waals surface area contributed by atoms with Crippen molar-refractivity contribution in [3.05, 3.63) is 130 Å². The number of hydrogen-bond acceptors (Lipinski definition) is 4. The fourth-order valence-electron chi connectivity index (χ4n) is 5.04. The number of halogens is 1. The van der Waals surface area contributed by atoms with E-state index in [2.05, 4.69) is 5.32 Å². The topological polar surface area (TPSA) is 86.8 Å². The van der Waals surface area contributed by atoms with Crippen molar-refractivity contribution in [3.8, 4) is 0 Å².